The van der Waals surface area contributed by atoms with Crippen molar-refractivity contribution in [1.29, 1.82) is 0 Å². The van der Waals surface area contributed by atoms with E-state index in [-0.39, 0.29) is 17.1 Å². The molecule has 0 aliphatic carbocycles. The fourth-order valence-corrected chi connectivity index (χ4v) is 3.76. The molecule has 0 radical (unpaired) electrons. The number of fused-ring (bicyclic) bond motifs is 1. The van der Waals surface area contributed by atoms with Gasteiger partial charge in [0.05, 0.1) is 20.3 Å². The summed E-state index contributed by atoms with van der Waals surface area (Å²) in [4.78, 5) is 15.0. The van der Waals surface area contributed by atoms with Crippen LogP contribution in [0.15, 0.2) is 48.7 Å². The predicted octanol–water partition coefficient (Wildman–Crippen LogP) is 3.84. The molecule has 0 bridgehead atoms. The standard InChI is InChI=1S/C23H25F2N3O4/c1-30-20-5-2-17(15-21(20)32-23(24)25)22(29)26-18-3-4-19-16(14-18)6-7-28(19)9-8-27-10-12-31-13-11-27/h2-7,14-15,23H,8-13H2,1H3,(H,26,29). The summed E-state index contributed by atoms with van der Waals surface area (Å²) in [5, 5.41) is 3.81. The molecular formula is C23H25F2N3O4. The van der Waals surface area contributed by atoms with Crippen LogP contribution in [0.3, 0.4) is 0 Å². The van der Waals surface area contributed by atoms with E-state index in [1.165, 1.54) is 25.3 Å². The van der Waals surface area contributed by atoms with Gasteiger partial charge >= 0.3 is 6.61 Å². The summed E-state index contributed by atoms with van der Waals surface area (Å²) < 4.78 is 42.3. The van der Waals surface area contributed by atoms with Crippen LogP contribution in [0.4, 0.5) is 14.5 Å². The van der Waals surface area contributed by atoms with Gasteiger partial charge < -0.3 is 24.1 Å². The third kappa shape index (κ3) is 5.17. The number of hydrogen-bond donors (Lipinski definition) is 1. The van der Waals surface area contributed by atoms with E-state index in [0.29, 0.717) is 5.69 Å². The SMILES string of the molecule is COc1ccc(C(=O)Nc2ccc3c(ccn3CCN3CCOCC3)c2)cc1OC(F)F. The minimum absolute atomic E-state index is 0.127. The molecule has 3 aromatic rings. The fraction of sp³-hybridized carbons (Fsp3) is 0.348. The van der Waals surface area contributed by atoms with E-state index < -0.39 is 12.5 Å². The highest BCUT2D eigenvalue weighted by atomic mass is 19.3. The van der Waals surface area contributed by atoms with Gasteiger partial charge in [-0.1, -0.05) is 0 Å². The lowest BCUT2D eigenvalue weighted by Gasteiger charge is -2.26. The number of anilines is 1. The second-order valence-electron chi connectivity index (χ2n) is 7.44. The van der Waals surface area contributed by atoms with Gasteiger partial charge in [-0.3, -0.25) is 9.69 Å². The first-order chi connectivity index (χ1) is 15.5. The first-order valence-electron chi connectivity index (χ1n) is 10.4. The van der Waals surface area contributed by atoms with Crippen LogP contribution >= 0.6 is 0 Å². The average Bonchev–Trinajstić information content (AvgIpc) is 3.20. The average molecular weight is 445 g/mol. The fourth-order valence-electron chi connectivity index (χ4n) is 3.76. The number of aromatic nitrogens is 1. The van der Waals surface area contributed by atoms with Gasteiger partial charge in [0.2, 0.25) is 0 Å². The Balaban J connectivity index is 1.44. The molecule has 1 saturated heterocycles. The number of carbonyl (C=O) groups is 1. The summed E-state index contributed by atoms with van der Waals surface area (Å²) in [5.74, 6) is -0.498. The number of nitrogens with zero attached hydrogens (tertiary/aromatic N) is 2. The van der Waals surface area contributed by atoms with Gasteiger partial charge in [0.1, 0.15) is 0 Å². The van der Waals surface area contributed by atoms with E-state index in [4.69, 9.17) is 9.47 Å². The van der Waals surface area contributed by atoms with Crippen LogP contribution in [0.1, 0.15) is 10.4 Å². The third-order valence-corrected chi connectivity index (χ3v) is 5.43. The molecule has 4 rings (SSSR count). The van der Waals surface area contributed by atoms with E-state index in [0.717, 1.165) is 50.3 Å². The van der Waals surface area contributed by atoms with Crippen molar-refractivity contribution < 1.29 is 27.8 Å². The maximum absolute atomic E-state index is 12.7. The highest BCUT2D eigenvalue weighted by Gasteiger charge is 2.15. The molecule has 1 aromatic heterocycles. The molecule has 7 nitrogen and oxygen atoms in total. The molecule has 170 valence electrons. The lowest BCUT2D eigenvalue weighted by Crippen LogP contribution is -2.38. The maximum atomic E-state index is 12.7. The molecule has 1 amide bonds. The van der Waals surface area contributed by atoms with E-state index in [2.05, 4.69) is 19.5 Å². The molecule has 2 heterocycles. The van der Waals surface area contributed by atoms with Gasteiger partial charge in [0.25, 0.3) is 5.91 Å². The molecule has 32 heavy (non-hydrogen) atoms. The van der Waals surface area contributed by atoms with Gasteiger partial charge in [-0.25, -0.2) is 0 Å². The summed E-state index contributed by atoms with van der Waals surface area (Å²) in [6.45, 7) is 2.26. The van der Waals surface area contributed by atoms with Gasteiger partial charge in [-0.05, 0) is 42.5 Å². The van der Waals surface area contributed by atoms with Gasteiger partial charge in [0.15, 0.2) is 11.5 Å². The summed E-state index contributed by atoms with van der Waals surface area (Å²) in [7, 11) is 1.34. The molecule has 1 aliphatic heterocycles. The van der Waals surface area contributed by atoms with Crippen molar-refractivity contribution in [3.05, 3.63) is 54.2 Å². The number of amides is 1. The monoisotopic (exact) mass is 445 g/mol. The highest BCUT2D eigenvalue weighted by molar-refractivity contribution is 6.05. The Bertz CT molecular complexity index is 1080. The molecule has 9 heteroatoms. The molecule has 0 saturated carbocycles. The zero-order valence-electron chi connectivity index (χ0n) is 17.7. The van der Waals surface area contributed by atoms with Crippen LogP contribution in [0, 0.1) is 0 Å². The van der Waals surface area contributed by atoms with Crippen LogP contribution in [0.25, 0.3) is 10.9 Å². The first kappa shape index (κ1) is 22.0. The zero-order valence-corrected chi connectivity index (χ0v) is 17.7. The Hall–Kier alpha value is -3.17. The van der Waals surface area contributed by atoms with E-state index >= 15 is 0 Å². The van der Waals surface area contributed by atoms with Crippen LogP contribution < -0.4 is 14.8 Å². The summed E-state index contributed by atoms with van der Waals surface area (Å²) in [5.41, 5.74) is 1.87. The van der Waals surface area contributed by atoms with Crippen molar-refractivity contribution in [3.63, 3.8) is 0 Å². The van der Waals surface area contributed by atoms with Crippen molar-refractivity contribution >= 4 is 22.5 Å². The van der Waals surface area contributed by atoms with Gasteiger partial charge in [0, 0.05) is 54.5 Å². The quantitative estimate of drug-likeness (QED) is 0.571. The molecule has 0 unspecified atom stereocenters. The first-order valence-corrected chi connectivity index (χ1v) is 10.4. The van der Waals surface area contributed by atoms with Crippen LogP contribution in [-0.4, -0.2) is 61.9 Å². The lowest BCUT2D eigenvalue weighted by atomic mass is 10.1. The molecule has 2 aromatic carbocycles. The molecular weight excluding hydrogens is 420 g/mol. The smallest absolute Gasteiger partial charge is 0.387 e. The van der Waals surface area contributed by atoms with E-state index in [9.17, 15) is 13.6 Å². The molecule has 0 spiro atoms. The molecule has 1 N–H and O–H groups in total. The summed E-state index contributed by atoms with van der Waals surface area (Å²) in [6, 6.07) is 11.8. The number of morpholine rings is 1. The number of methoxy groups -OCH3 is 1. The number of hydrogen-bond acceptors (Lipinski definition) is 5. The number of rotatable bonds is 8. The minimum Gasteiger partial charge on any atom is -0.493 e. The molecule has 1 fully saturated rings. The number of ether oxygens (including phenoxy) is 3. The summed E-state index contributed by atoms with van der Waals surface area (Å²) >= 11 is 0. The van der Waals surface area contributed by atoms with Crippen LogP contribution in [0.2, 0.25) is 0 Å². The second kappa shape index (κ2) is 9.97. The van der Waals surface area contributed by atoms with Crippen molar-refractivity contribution in [2.45, 2.75) is 13.2 Å². The third-order valence-electron chi connectivity index (χ3n) is 5.43. The van der Waals surface area contributed by atoms with Crippen molar-refractivity contribution in [2.75, 3.05) is 45.3 Å². The largest absolute Gasteiger partial charge is 0.493 e. The van der Waals surface area contributed by atoms with Crippen molar-refractivity contribution in [2.24, 2.45) is 0 Å². The van der Waals surface area contributed by atoms with Crippen LogP contribution in [0.5, 0.6) is 11.5 Å². The van der Waals surface area contributed by atoms with Crippen molar-refractivity contribution in [1.82, 2.24) is 9.47 Å². The number of nitrogens with one attached hydrogen (secondary N) is 1. The molecule has 1 aliphatic rings. The van der Waals surface area contributed by atoms with Gasteiger partial charge in [-0.15, -0.1) is 0 Å². The maximum Gasteiger partial charge on any atom is 0.387 e. The number of alkyl halides is 2. The zero-order chi connectivity index (χ0) is 22.5. The highest BCUT2D eigenvalue weighted by Crippen LogP contribution is 2.30. The number of benzene rings is 2. The Morgan fingerprint density at radius 2 is 1.91 bits per heavy atom. The van der Waals surface area contributed by atoms with Crippen LogP contribution in [-0.2, 0) is 11.3 Å². The minimum atomic E-state index is -3.02. The normalized spacial score (nSPS) is 14.6. The van der Waals surface area contributed by atoms with E-state index in [1.807, 2.05) is 30.5 Å². The number of carbonyl (C=O) groups excluding carboxylic acids is 1. The predicted molar refractivity (Wildman–Crippen MR) is 117 cm³/mol. The van der Waals surface area contributed by atoms with Gasteiger partial charge in [-0.2, -0.15) is 8.78 Å². The Morgan fingerprint density at radius 1 is 1.09 bits per heavy atom. The Kier molecular flexibility index (Phi) is 6.87. The lowest BCUT2D eigenvalue weighted by molar-refractivity contribution is -0.0512. The second-order valence-corrected chi connectivity index (χ2v) is 7.44. The van der Waals surface area contributed by atoms with Crippen molar-refractivity contribution in [3.8, 4) is 11.5 Å². The Morgan fingerprint density at radius 3 is 2.66 bits per heavy atom. The Labute approximate surface area is 184 Å². The molecule has 0 atom stereocenters. The van der Waals surface area contributed by atoms with E-state index in [1.54, 1.807) is 0 Å². The topological polar surface area (TPSA) is 65.0 Å². The number of halogens is 2. The summed E-state index contributed by atoms with van der Waals surface area (Å²) in [6.07, 6.45) is 2.04.